The number of ketones is 1. The molecule has 170 valence electrons. The molecule has 0 bridgehead atoms. The van der Waals surface area contributed by atoms with Crippen LogP contribution in [-0.2, 0) is 23.1 Å². The van der Waals surface area contributed by atoms with Crippen molar-refractivity contribution in [2.75, 3.05) is 11.1 Å². The standard InChI is InChI=1S/C25H27N5O2S/c1-5-33-18-7-6-17(26-14-18)13-23(31)30-22-9-8-19-20(29-22)10-11-25(4,24(19)32)21-12-15(2)27-16(3)28-21/h6-9,12,14H,5,10-11,13H2,1-4H3,(H,29,30,31). The second-order valence-corrected chi connectivity index (χ2v) is 9.77. The first-order chi connectivity index (χ1) is 15.8. The average Bonchev–Trinajstić information content (AvgIpc) is 2.77. The minimum absolute atomic E-state index is 0.000801. The van der Waals surface area contributed by atoms with Crippen LogP contribution in [0.1, 0.15) is 59.2 Å². The van der Waals surface area contributed by atoms with Crippen LogP contribution in [0.5, 0.6) is 0 Å². The van der Waals surface area contributed by atoms with E-state index < -0.39 is 5.41 Å². The summed E-state index contributed by atoms with van der Waals surface area (Å²) in [5.74, 6) is 1.90. The quantitative estimate of drug-likeness (QED) is 0.548. The summed E-state index contributed by atoms with van der Waals surface area (Å²) in [5.41, 5.74) is 2.87. The van der Waals surface area contributed by atoms with Crippen LogP contribution in [0.4, 0.5) is 5.82 Å². The van der Waals surface area contributed by atoms with Crippen LogP contribution >= 0.6 is 11.8 Å². The van der Waals surface area contributed by atoms with E-state index in [1.165, 1.54) is 0 Å². The number of anilines is 1. The molecule has 0 spiro atoms. The lowest BCUT2D eigenvalue weighted by Gasteiger charge is -2.32. The highest BCUT2D eigenvalue weighted by molar-refractivity contribution is 7.99. The van der Waals surface area contributed by atoms with Gasteiger partial charge in [-0.3, -0.25) is 14.6 Å². The molecule has 1 unspecified atom stereocenters. The lowest BCUT2D eigenvalue weighted by atomic mass is 9.71. The van der Waals surface area contributed by atoms with Crippen molar-refractivity contribution >= 4 is 29.3 Å². The van der Waals surface area contributed by atoms with Crippen molar-refractivity contribution in [3.63, 3.8) is 0 Å². The molecule has 1 aliphatic rings. The molecule has 8 heteroatoms. The normalized spacial score (nSPS) is 17.5. The minimum atomic E-state index is -0.716. The van der Waals surface area contributed by atoms with Crippen LogP contribution < -0.4 is 5.32 Å². The van der Waals surface area contributed by atoms with Gasteiger partial charge in [-0.05, 0) is 69.7 Å². The van der Waals surface area contributed by atoms with E-state index in [0.29, 0.717) is 41.4 Å². The third-order valence-electron chi connectivity index (χ3n) is 5.83. The fourth-order valence-corrected chi connectivity index (χ4v) is 4.74. The van der Waals surface area contributed by atoms with Gasteiger partial charge in [0.1, 0.15) is 11.6 Å². The molecule has 0 radical (unpaired) electrons. The fraction of sp³-hybridized carbons (Fsp3) is 0.360. The Balaban J connectivity index is 1.48. The predicted octanol–water partition coefficient (Wildman–Crippen LogP) is 4.26. The number of nitrogens with zero attached hydrogens (tertiary/aromatic N) is 4. The van der Waals surface area contributed by atoms with Gasteiger partial charge in [0, 0.05) is 28.0 Å². The van der Waals surface area contributed by atoms with E-state index in [-0.39, 0.29) is 18.1 Å². The largest absolute Gasteiger partial charge is 0.310 e. The highest BCUT2D eigenvalue weighted by atomic mass is 32.2. The van der Waals surface area contributed by atoms with Crippen molar-refractivity contribution in [2.24, 2.45) is 0 Å². The zero-order valence-electron chi connectivity index (χ0n) is 19.3. The Kier molecular flexibility index (Phi) is 6.56. The topological polar surface area (TPSA) is 97.7 Å². The van der Waals surface area contributed by atoms with E-state index >= 15 is 0 Å². The van der Waals surface area contributed by atoms with Crippen molar-refractivity contribution < 1.29 is 9.59 Å². The van der Waals surface area contributed by atoms with Gasteiger partial charge in [-0.1, -0.05) is 6.92 Å². The molecule has 4 rings (SSSR count). The summed E-state index contributed by atoms with van der Waals surface area (Å²) in [5, 5.41) is 2.84. The van der Waals surface area contributed by atoms with E-state index in [2.05, 4.69) is 32.2 Å². The Morgan fingerprint density at radius 2 is 1.97 bits per heavy atom. The molecule has 0 aliphatic heterocycles. The van der Waals surface area contributed by atoms with Gasteiger partial charge >= 0.3 is 0 Å². The first-order valence-corrected chi connectivity index (χ1v) is 12.0. The number of fused-ring (bicyclic) bond motifs is 1. The van der Waals surface area contributed by atoms with Gasteiger partial charge in [0.15, 0.2) is 5.78 Å². The molecule has 7 nitrogen and oxygen atoms in total. The molecular weight excluding hydrogens is 434 g/mol. The summed E-state index contributed by atoms with van der Waals surface area (Å²) in [6.45, 7) is 7.77. The molecule has 1 atom stereocenters. The van der Waals surface area contributed by atoms with E-state index in [0.717, 1.165) is 22.0 Å². The number of hydrogen-bond acceptors (Lipinski definition) is 7. The number of nitrogens with one attached hydrogen (secondary N) is 1. The highest BCUT2D eigenvalue weighted by Crippen LogP contribution is 2.37. The van der Waals surface area contributed by atoms with Crippen molar-refractivity contribution in [1.29, 1.82) is 0 Å². The number of carbonyl (C=O) groups excluding carboxylic acids is 2. The Bertz CT molecular complexity index is 1190. The number of rotatable bonds is 6. The molecule has 1 amide bonds. The Morgan fingerprint density at radius 3 is 2.67 bits per heavy atom. The number of aryl methyl sites for hydroxylation is 3. The smallest absolute Gasteiger partial charge is 0.231 e. The number of aromatic nitrogens is 4. The van der Waals surface area contributed by atoms with Crippen molar-refractivity contribution in [3.05, 3.63) is 70.7 Å². The number of amides is 1. The maximum absolute atomic E-state index is 13.4. The number of hydrogen-bond donors (Lipinski definition) is 1. The number of thioether (sulfide) groups is 1. The number of carbonyl (C=O) groups is 2. The van der Waals surface area contributed by atoms with Gasteiger partial charge < -0.3 is 5.32 Å². The van der Waals surface area contributed by atoms with E-state index in [9.17, 15) is 9.59 Å². The molecule has 1 aliphatic carbocycles. The molecule has 0 fully saturated rings. The summed E-state index contributed by atoms with van der Waals surface area (Å²) in [6, 6.07) is 9.18. The second-order valence-electron chi connectivity index (χ2n) is 8.44. The molecule has 0 saturated heterocycles. The molecule has 33 heavy (non-hydrogen) atoms. The number of Topliss-reactive ketones (excluding diaryl/α,β-unsaturated/α-hetero) is 1. The molecule has 0 aromatic carbocycles. The maximum atomic E-state index is 13.4. The second kappa shape index (κ2) is 9.39. The van der Waals surface area contributed by atoms with Crippen LogP contribution in [0.3, 0.4) is 0 Å². The third kappa shape index (κ3) is 4.95. The predicted molar refractivity (Wildman–Crippen MR) is 129 cm³/mol. The zero-order valence-corrected chi connectivity index (χ0v) is 20.1. The van der Waals surface area contributed by atoms with Gasteiger partial charge in [0.2, 0.25) is 5.91 Å². The lowest BCUT2D eigenvalue weighted by Crippen LogP contribution is -2.39. The average molecular weight is 462 g/mol. The van der Waals surface area contributed by atoms with Crippen LogP contribution in [0.15, 0.2) is 41.4 Å². The van der Waals surface area contributed by atoms with Gasteiger partial charge in [0.25, 0.3) is 0 Å². The third-order valence-corrected chi connectivity index (χ3v) is 6.69. The van der Waals surface area contributed by atoms with Crippen LogP contribution in [-0.4, -0.2) is 37.4 Å². The Labute approximate surface area is 197 Å². The SMILES string of the molecule is CCSc1ccc(CC(=O)Nc2ccc3c(n2)CCC(C)(c2cc(C)nc(C)n2)C3=O)nc1. The monoisotopic (exact) mass is 461 g/mol. The first kappa shape index (κ1) is 23.0. The molecular formula is C25H27N5O2S. The van der Waals surface area contributed by atoms with Crippen LogP contribution in [0.25, 0.3) is 0 Å². The van der Waals surface area contributed by atoms with Gasteiger partial charge in [-0.25, -0.2) is 15.0 Å². The number of pyridine rings is 2. The summed E-state index contributed by atoms with van der Waals surface area (Å²) >= 11 is 1.71. The molecule has 0 saturated carbocycles. The van der Waals surface area contributed by atoms with Crippen molar-refractivity contribution in [3.8, 4) is 0 Å². The maximum Gasteiger partial charge on any atom is 0.231 e. The molecule has 1 N–H and O–H groups in total. The van der Waals surface area contributed by atoms with Crippen LogP contribution in [0, 0.1) is 13.8 Å². The van der Waals surface area contributed by atoms with E-state index in [1.54, 1.807) is 30.1 Å². The summed E-state index contributed by atoms with van der Waals surface area (Å²) in [7, 11) is 0. The van der Waals surface area contributed by atoms with E-state index in [1.807, 2.05) is 39.0 Å². The van der Waals surface area contributed by atoms with Crippen molar-refractivity contribution in [2.45, 2.75) is 57.3 Å². The molecule has 3 aromatic heterocycles. The van der Waals surface area contributed by atoms with Crippen molar-refractivity contribution in [1.82, 2.24) is 19.9 Å². The molecule has 3 heterocycles. The fourth-order valence-electron chi connectivity index (χ4n) is 4.11. The zero-order chi connectivity index (χ0) is 23.6. The van der Waals surface area contributed by atoms with Gasteiger partial charge in [-0.2, -0.15) is 0 Å². The lowest BCUT2D eigenvalue weighted by molar-refractivity contribution is -0.115. The van der Waals surface area contributed by atoms with E-state index in [4.69, 9.17) is 0 Å². The Hall–Kier alpha value is -3.13. The summed E-state index contributed by atoms with van der Waals surface area (Å²) in [6.07, 6.45) is 3.18. The summed E-state index contributed by atoms with van der Waals surface area (Å²) < 4.78 is 0. The van der Waals surface area contributed by atoms with Crippen LogP contribution in [0.2, 0.25) is 0 Å². The highest BCUT2D eigenvalue weighted by Gasteiger charge is 2.42. The van der Waals surface area contributed by atoms with Gasteiger partial charge in [0.05, 0.1) is 23.2 Å². The minimum Gasteiger partial charge on any atom is -0.310 e. The summed E-state index contributed by atoms with van der Waals surface area (Å²) in [4.78, 5) is 44.8. The molecule has 3 aromatic rings. The van der Waals surface area contributed by atoms with Gasteiger partial charge in [-0.15, -0.1) is 11.8 Å². The Morgan fingerprint density at radius 1 is 1.15 bits per heavy atom. The first-order valence-electron chi connectivity index (χ1n) is 11.0.